The quantitative estimate of drug-likeness (QED) is 0.591. The Morgan fingerprint density at radius 3 is 2.44 bits per heavy atom. The number of amidine groups is 1. The first-order valence-corrected chi connectivity index (χ1v) is 10.7. The normalized spacial score (nSPS) is 20.1. The van der Waals surface area contributed by atoms with Crippen LogP contribution in [0.25, 0.3) is 5.70 Å². The molecule has 1 aromatic carbocycles. The van der Waals surface area contributed by atoms with Crippen LogP contribution in [-0.4, -0.2) is 95.3 Å². The number of allylic oxidation sites excluding steroid dienone is 1. The zero-order valence-electron chi connectivity index (χ0n) is 19.2. The molecule has 32 heavy (non-hydrogen) atoms. The molecule has 0 radical (unpaired) electrons. The molecule has 2 aliphatic rings. The lowest BCUT2D eigenvalue weighted by Gasteiger charge is -2.32. The molecule has 0 saturated carbocycles. The third-order valence-electron chi connectivity index (χ3n) is 5.47. The maximum atomic E-state index is 5.75. The van der Waals surface area contributed by atoms with Gasteiger partial charge in [-0.05, 0) is 32.0 Å². The van der Waals surface area contributed by atoms with Crippen molar-refractivity contribution in [2.45, 2.75) is 0 Å². The number of hydrogen-bond donors (Lipinski definition) is 2. The van der Waals surface area contributed by atoms with Crippen molar-refractivity contribution in [2.75, 3.05) is 67.2 Å². The maximum absolute atomic E-state index is 5.75. The number of rotatable bonds is 8. The number of aliphatic imine (C=N–C) groups is 3. The van der Waals surface area contributed by atoms with Crippen LogP contribution in [0.2, 0.25) is 0 Å². The Bertz CT molecular complexity index is 906. The highest BCUT2D eigenvalue weighted by atomic mass is 16.5. The summed E-state index contributed by atoms with van der Waals surface area (Å²) < 4.78 is 10.8. The molecule has 0 aromatic heterocycles. The standard InChI is InChI=1S/C23H33N7O2/c1-25-15-18-13-21(17-11-19(31-3)14-20(12-17)32-4)28-23(22(18)27-16-24)26-5-6-30-9-7-29(2)8-10-30/h11-15H,1,5-10,16,24H2,2-4H3,(H,26,28)/b18-15-,27-22+. The summed E-state index contributed by atoms with van der Waals surface area (Å²) in [4.78, 5) is 18.1. The molecule has 1 saturated heterocycles. The minimum Gasteiger partial charge on any atom is -0.497 e. The first-order valence-electron chi connectivity index (χ1n) is 10.7. The molecule has 2 heterocycles. The monoisotopic (exact) mass is 439 g/mol. The van der Waals surface area contributed by atoms with E-state index in [-0.39, 0.29) is 6.67 Å². The van der Waals surface area contributed by atoms with Crippen molar-refractivity contribution in [3.63, 3.8) is 0 Å². The van der Waals surface area contributed by atoms with Gasteiger partial charge in [0, 0.05) is 62.7 Å². The Morgan fingerprint density at radius 2 is 1.84 bits per heavy atom. The second-order valence-electron chi connectivity index (χ2n) is 7.62. The van der Waals surface area contributed by atoms with E-state index in [9.17, 15) is 0 Å². The summed E-state index contributed by atoms with van der Waals surface area (Å²) in [5, 5.41) is 3.46. The maximum Gasteiger partial charge on any atom is 0.152 e. The fraction of sp³-hybridized carbons (Fsp3) is 0.435. The first-order chi connectivity index (χ1) is 15.6. The highest BCUT2D eigenvalue weighted by Crippen LogP contribution is 2.30. The summed E-state index contributed by atoms with van der Waals surface area (Å²) in [6.45, 7) is 9.73. The van der Waals surface area contributed by atoms with Gasteiger partial charge < -0.3 is 25.4 Å². The molecule has 0 atom stereocenters. The second kappa shape index (κ2) is 11.6. The summed E-state index contributed by atoms with van der Waals surface area (Å²) in [5.74, 6) is 2.04. The molecular weight excluding hydrogens is 406 g/mol. The first kappa shape index (κ1) is 23.6. The molecular formula is C23H33N7O2. The zero-order valence-corrected chi connectivity index (χ0v) is 19.2. The molecule has 3 rings (SSSR count). The van der Waals surface area contributed by atoms with Gasteiger partial charge in [0.15, 0.2) is 5.84 Å². The molecule has 0 unspecified atom stereocenters. The van der Waals surface area contributed by atoms with Crippen molar-refractivity contribution >= 4 is 24.0 Å². The largest absolute Gasteiger partial charge is 0.497 e. The van der Waals surface area contributed by atoms with Gasteiger partial charge in [0.2, 0.25) is 0 Å². The lowest BCUT2D eigenvalue weighted by Crippen LogP contribution is -2.47. The second-order valence-corrected chi connectivity index (χ2v) is 7.62. The Labute approximate surface area is 190 Å². The van der Waals surface area contributed by atoms with E-state index in [4.69, 9.17) is 20.2 Å². The van der Waals surface area contributed by atoms with Crippen LogP contribution in [0.5, 0.6) is 11.5 Å². The van der Waals surface area contributed by atoms with E-state index in [1.54, 1.807) is 20.4 Å². The number of nitrogens with one attached hydrogen (secondary N) is 1. The summed E-state index contributed by atoms with van der Waals surface area (Å²) >= 11 is 0. The predicted molar refractivity (Wildman–Crippen MR) is 131 cm³/mol. The smallest absolute Gasteiger partial charge is 0.152 e. The van der Waals surface area contributed by atoms with Crippen molar-refractivity contribution in [1.29, 1.82) is 0 Å². The number of nitrogens with zero attached hydrogens (tertiary/aromatic N) is 5. The van der Waals surface area contributed by atoms with Gasteiger partial charge in [0.05, 0.1) is 26.6 Å². The fourth-order valence-corrected chi connectivity index (χ4v) is 3.64. The van der Waals surface area contributed by atoms with Gasteiger partial charge in [-0.3, -0.25) is 14.9 Å². The van der Waals surface area contributed by atoms with Gasteiger partial charge in [-0.2, -0.15) is 0 Å². The van der Waals surface area contributed by atoms with Crippen LogP contribution >= 0.6 is 0 Å². The lowest BCUT2D eigenvalue weighted by atomic mass is 10.0. The number of methoxy groups -OCH3 is 2. The van der Waals surface area contributed by atoms with E-state index < -0.39 is 0 Å². The van der Waals surface area contributed by atoms with Crippen LogP contribution in [0.3, 0.4) is 0 Å². The molecule has 0 bridgehead atoms. The molecule has 2 aliphatic heterocycles. The topological polar surface area (TPSA) is 100 Å². The predicted octanol–water partition coefficient (Wildman–Crippen LogP) is 1.24. The van der Waals surface area contributed by atoms with Crippen LogP contribution in [0.15, 0.2) is 51.0 Å². The third kappa shape index (κ3) is 6.03. The SMILES string of the molecule is C=N/C=C1/C=C(c2cc(OC)cc(OC)c2)N=C(NCCN2CCN(C)CC2)/C1=N/CN. The number of nitrogens with two attached hydrogens (primary N) is 1. The van der Waals surface area contributed by atoms with Crippen LogP contribution in [-0.2, 0) is 0 Å². The molecule has 9 heteroatoms. The minimum absolute atomic E-state index is 0.152. The van der Waals surface area contributed by atoms with Gasteiger partial charge in [-0.15, -0.1) is 0 Å². The molecule has 1 fully saturated rings. The molecule has 0 amide bonds. The van der Waals surface area contributed by atoms with Crippen LogP contribution in [0, 0.1) is 0 Å². The van der Waals surface area contributed by atoms with Crippen LogP contribution < -0.4 is 20.5 Å². The molecule has 0 spiro atoms. The van der Waals surface area contributed by atoms with Crippen molar-refractivity contribution in [2.24, 2.45) is 20.7 Å². The van der Waals surface area contributed by atoms with Crippen molar-refractivity contribution in [3.05, 3.63) is 41.6 Å². The van der Waals surface area contributed by atoms with Gasteiger partial charge in [0.1, 0.15) is 17.2 Å². The van der Waals surface area contributed by atoms with Crippen LogP contribution in [0.4, 0.5) is 0 Å². The summed E-state index contributed by atoms with van der Waals surface area (Å²) in [6, 6.07) is 5.67. The number of hydrogen-bond acceptors (Lipinski definition) is 9. The Hall–Kier alpha value is -3.01. The summed E-state index contributed by atoms with van der Waals surface area (Å²) in [5.41, 5.74) is 8.83. The highest BCUT2D eigenvalue weighted by molar-refractivity contribution is 6.50. The zero-order chi connectivity index (χ0) is 22.9. The number of piperazine rings is 1. The molecule has 9 nitrogen and oxygen atoms in total. The highest BCUT2D eigenvalue weighted by Gasteiger charge is 2.21. The minimum atomic E-state index is 0.152. The third-order valence-corrected chi connectivity index (χ3v) is 5.47. The van der Waals surface area contributed by atoms with Gasteiger partial charge in [0.25, 0.3) is 0 Å². The van der Waals surface area contributed by atoms with Crippen LogP contribution in [0.1, 0.15) is 5.56 Å². The Kier molecular flexibility index (Phi) is 8.55. The van der Waals surface area contributed by atoms with Crippen molar-refractivity contribution in [3.8, 4) is 11.5 Å². The van der Waals surface area contributed by atoms with Gasteiger partial charge in [-0.25, -0.2) is 4.99 Å². The van der Waals surface area contributed by atoms with Crippen molar-refractivity contribution < 1.29 is 9.47 Å². The molecule has 1 aromatic rings. The van der Waals surface area contributed by atoms with Crippen molar-refractivity contribution in [1.82, 2.24) is 15.1 Å². The fourth-order valence-electron chi connectivity index (χ4n) is 3.64. The van der Waals surface area contributed by atoms with Gasteiger partial charge >= 0.3 is 0 Å². The summed E-state index contributed by atoms with van der Waals surface area (Å²) in [7, 11) is 5.41. The summed E-state index contributed by atoms with van der Waals surface area (Å²) in [6.07, 6.45) is 3.59. The number of benzene rings is 1. The Balaban J connectivity index is 1.87. The van der Waals surface area contributed by atoms with E-state index in [1.165, 1.54) is 0 Å². The van der Waals surface area contributed by atoms with Gasteiger partial charge in [-0.1, -0.05) is 0 Å². The van der Waals surface area contributed by atoms with E-state index in [0.29, 0.717) is 23.0 Å². The molecule has 172 valence electrons. The van der Waals surface area contributed by atoms with E-state index >= 15 is 0 Å². The lowest BCUT2D eigenvalue weighted by molar-refractivity contribution is 0.156. The average Bonchev–Trinajstić information content (AvgIpc) is 2.81. The Morgan fingerprint density at radius 1 is 1.16 bits per heavy atom. The number of likely N-dealkylation sites (N-methyl/N-ethyl adjacent to an activating group) is 1. The van der Waals surface area contributed by atoms with E-state index in [0.717, 1.165) is 56.1 Å². The molecule has 3 N–H and O–H groups in total. The number of ether oxygens (including phenoxy) is 2. The average molecular weight is 440 g/mol. The van der Waals surface area contributed by atoms with E-state index in [2.05, 4.69) is 38.9 Å². The molecule has 0 aliphatic carbocycles. The van der Waals surface area contributed by atoms with E-state index in [1.807, 2.05) is 24.3 Å².